The fourth-order valence-corrected chi connectivity index (χ4v) is 3.06. The Labute approximate surface area is 164 Å². The van der Waals surface area contributed by atoms with Crippen LogP contribution in [0, 0.1) is 13.8 Å². The van der Waals surface area contributed by atoms with Crippen LogP contribution in [0.1, 0.15) is 36.0 Å². The molecule has 146 valence electrons. The molecule has 0 radical (unpaired) electrons. The molecule has 0 spiro atoms. The van der Waals surface area contributed by atoms with E-state index < -0.39 is 0 Å². The maximum Gasteiger partial charge on any atom is 0.255 e. The molecule has 1 amide bonds. The van der Waals surface area contributed by atoms with Crippen LogP contribution in [-0.2, 0) is 24.3 Å². The highest BCUT2D eigenvalue weighted by molar-refractivity contribution is 5.75. The van der Waals surface area contributed by atoms with Crippen LogP contribution in [0.3, 0.4) is 0 Å². The van der Waals surface area contributed by atoms with Gasteiger partial charge in [-0.3, -0.25) is 14.2 Å². The molecule has 0 aliphatic heterocycles. The molecule has 0 saturated carbocycles. The maximum absolute atomic E-state index is 12.7. The minimum absolute atomic E-state index is 0.112. The molecule has 0 aliphatic rings. The smallest absolute Gasteiger partial charge is 0.255 e. The molecule has 0 bridgehead atoms. The van der Waals surface area contributed by atoms with E-state index in [0.717, 1.165) is 23.4 Å². The van der Waals surface area contributed by atoms with Gasteiger partial charge < -0.3 is 5.32 Å². The summed E-state index contributed by atoms with van der Waals surface area (Å²) in [7, 11) is 0. The van der Waals surface area contributed by atoms with E-state index in [-0.39, 0.29) is 18.0 Å². The van der Waals surface area contributed by atoms with Crippen LogP contribution in [0.5, 0.6) is 0 Å². The van der Waals surface area contributed by atoms with Gasteiger partial charge in [0.25, 0.3) is 5.56 Å². The van der Waals surface area contributed by atoms with E-state index in [1.165, 1.54) is 10.6 Å². The van der Waals surface area contributed by atoms with E-state index in [1.807, 2.05) is 57.2 Å². The lowest BCUT2D eigenvalue weighted by molar-refractivity contribution is -0.121. The number of nitrogens with zero attached hydrogens (tertiary/aromatic N) is 4. The number of carbonyl (C=O) groups is 1. The number of rotatable bonds is 7. The third kappa shape index (κ3) is 4.54. The monoisotopic (exact) mass is 379 g/mol. The maximum atomic E-state index is 12.7. The molecule has 0 fully saturated rings. The molecule has 28 heavy (non-hydrogen) atoms. The summed E-state index contributed by atoms with van der Waals surface area (Å²) >= 11 is 0. The van der Waals surface area contributed by atoms with Crippen molar-refractivity contribution in [1.29, 1.82) is 0 Å². The van der Waals surface area contributed by atoms with E-state index in [4.69, 9.17) is 0 Å². The van der Waals surface area contributed by atoms with E-state index in [1.54, 1.807) is 4.68 Å². The molecule has 0 unspecified atom stereocenters. The predicted molar refractivity (Wildman–Crippen MR) is 107 cm³/mol. The summed E-state index contributed by atoms with van der Waals surface area (Å²) in [6.07, 6.45) is 1.58. The minimum atomic E-state index is -0.254. The molecule has 7 heteroatoms. The Bertz CT molecular complexity index is 1020. The summed E-state index contributed by atoms with van der Waals surface area (Å²) in [5.74, 6) is 0.121. The molecule has 1 N–H and O–H groups in total. The fourth-order valence-electron chi connectivity index (χ4n) is 3.06. The highest BCUT2D eigenvalue weighted by Gasteiger charge is 2.16. The highest BCUT2D eigenvalue weighted by Crippen LogP contribution is 2.10. The molecule has 3 aromatic rings. The molecule has 3 rings (SSSR count). The molecular weight excluding hydrogens is 354 g/mol. The van der Waals surface area contributed by atoms with Crippen molar-refractivity contribution < 1.29 is 4.79 Å². The zero-order valence-corrected chi connectivity index (χ0v) is 16.5. The van der Waals surface area contributed by atoms with Gasteiger partial charge in [0.15, 0.2) is 0 Å². The molecule has 0 saturated heterocycles. The highest BCUT2D eigenvalue weighted by atomic mass is 16.2. The first kappa shape index (κ1) is 19.5. The van der Waals surface area contributed by atoms with Crippen molar-refractivity contribution in [3.05, 3.63) is 75.5 Å². The molecule has 2 heterocycles. The van der Waals surface area contributed by atoms with Gasteiger partial charge >= 0.3 is 0 Å². The lowest BCUT2D eigenvalue weighted by atomic mass is 10.2. The molecule has 7 nitrogen and oxygen atoms in total. The van der Waals surface area contributed by atoms with Crippen molar-refractivity contribution in [3.8, 4) is 5.95 Å². The van der Waals surface area contributed by atoms with Gasteiger partial charge in [0.05, 0.1) is 5.69 Å². The van der Waals surface area contributed by atoms with Gasteiger partial charge in [0, 0.05) is 24.0 Å². The SMILES string of the molecule is CCCc1cc(=O)n(CC(=O)NCc2ccccc2)c(-n2nc(C)cc2C)n1. The van der Waals surface area contributed by atoms with Crippen LogP contribution >= 0.6 is 0 Å². The number of aryl methyl sites for hydroxylation is 3. The lowest BCUT2D eigenvalue weighted by Gasteiger charge is -2.14. The number of aromatic nitrogens is 4. The lowest BCUT2D eigenvalue weighted by Crippen LogP contribution is -2.35. The van der Waals surface area contributed by atoms with Crippen LogP contribution in [-0.4, -0.2) is 25.2 Å². The Morgan fingerprint density at radius 1 is 1.14 bits per heavy atom. The summed E-state index contributed by atoms with van der Waals surface area (Å²) in [4.78, 5) is 29.9. The van der Waals surface area contributed by atoms with E-state index >= 15 is 0 Å². The average molecular weight is 379 g/mol. The molecule has 1 aromatic carbocycles. The molecule has 2 aromatic heterocycles. The summed E-state index contributed by atoms with van der Waals surface area (Å²) in [5.41, 5.74) is 3.13. The third-order valence-electron chi connectivity index (χ3n) is 4.38. The number of hydrogen-bond acceptors (Lipinski definition) is 4. The fraction of sp³-hybridized carbons (Fsp3) is 0.333. The van der Waals surface area contributed by atoms with Crippen molar-refractivity contribution in [3.63, 3.8) is 0 Å². The Morgan fingerprint density at radius 3 is 2.54 bits per heavy atom. The number of nitrogens with one attached hydrogen (secondary N) is 1. The van der Waals surface area contributed by atoms with Gasteiger partial charge in [-0.25, -0.2) is 9.67 Å². The molecule has 0 atom stereocenters. The second kappa shape index (κ2) is 8.65. The first-order valence-electron chi connectivity index (χ1n) is 9.43. The Morgan fingerprint density at radius 2 is 1.89 bits per heavy atom. The quantitative estimate of drug-likeness (QED) is 0.683. The van der Waals surface area contributed by atoms with Crippen molar-refractivity contribution in [2.75, 3.05) is 0 Å². The summed E-state index contributed by atoms with van der Waals surface area (Å²) in [6.45, 7) is 6.11. The van der Waals surface area contributed by atoms with Crippen LogP contribution in [0.4, 0.5) is 0 Å². The topological polar surface area (TPSA) is 81.8 Å². The van der Waals surface area contributed by atoms with Crippen LogP contribution in [0.15, 0.2) is 47.3 Å². The first-order chi connectivity index (χ1) is 13.5. The second-order valence-electron chi connectivity index (χ2n) is 6.82. The van der Waals surface area contributed by atoms with Crippen molar-refractivity contribution in [2.24, 2.45) is 0 Å². The van der Waals surface area contributed by atoms with E-state index in [0.29, 0.717) is 24.6 Å². The van der Waals surface area contributed by atoms with Gasteiger partial charge in [-0.05, 0) is 31.9 Å². The largest absolute Gasteiger partial charge is 0.350 e. The summed E-state index contributed by atoms with van der Waals surface area (Å²) < 4.78 is 3.00. The van der Waals surface area contributed by atoms with Crippen molar-refractivity contribution in [2.45, 2.75) is 46.7 Å². The van der Waals surface area contributed by atoms with E-state index in [2.05, 4.69) is 15.4 Å². The first-order valence-corrected chi connectivity index (χ1v) is 9.43. The number of benzene rings is 1. The Hall–Kier alpha value is -3.22. The third-order valence-corrected chi connectivity index (χ3v) is 4.38. The summed E-state index contributed by atoms with van der Waals surface area (Å²) in [6, 6.07) is 13.1. The average Bonchev–Trinajstić information content (AvgIpc) is 3.01. The van der Waals surface area contributed by atoms with E-state index in [9.17, 15) is 9.59 Å². The van der Waals surface area contributed by atoms with Crippen molar-refractivity contribution in [1.82, 2.24) is 24.6 Å². The van der Waals surface area contributed by atoms with Crippen LogP contribution < -0.4 is 10.9 Å². The van der Waals surface area contributed by atoms with Gasteiger partial charge in [0.1, 0.15) is 6.54 Å². The number of amides is 1. The van der Waals surface area contributed by atoms with Crippen LogP contribution in [0.25, 0.3) is 5.95 Å². The number of carbonyl (C=O) groups excluding carboxylic acids is 1. The second-order valence-corrected chi connectivity index (χ2v) is 6.82. The summed E-state index contributed by atoms with van der Waals surface area (Å²) in [5, 5.41) is 7.30. The Balaban J connectivity index is 1.89. The van der Waals surface area contributed by atoms with Gasteiger partial charge in [-0.15, -0.1) is 0 Å². The van der Waals surface area contributed by atoms with Gasteiger partial charge in [-0.2, -0.15) is 5.10 Å². The normalized spacial score (nSPS) is 10.8. The zero-order valence-electron chi connectivity index (χ0n) is 16.5. The van der Waals surface area contributed by atoms with Gasteiger partial charge in [0.2, 0.25) is 11.9 Å². The standard InChI is InChI=1S/C21H25N5O2/c1-4-8-18-12-20(28)25(21(23-18)26-16(3)11-15(2)24-26)14-19(27)22-13-17-9-6-5-7-10-17/h5-7,9-12H,4,8,13-14H2,1-3H3,(H,22,27). The van der Waals surface area contributed by atoms with Crippen molar-refractivity contribution >= 4 is 5.91 Å². The minimum Gasteiger partial charge on any atom is -0.350 e. The van der Waals surface area contributed by atoms with Crippen LogP contribution in [0.2, 0.25) is 0 Å². The predicted octanol–water partition coefficient (Wildman–Crippen LogP) is 2.31. The number of hydrogen-bond donors (Lipinski definition) is 1. The zero-order chi connectivity index (χ0) is 20.1. The van der Waals surface area contributed by atoms with Gasteiger partial charge in [-0.1, -0.05) is 43.7 Å². The molecular formula is C21H25N5O2. The Kier molecular flexibility index (Phi) is 6.03. The molecule has 0 aliphatic carbocycles.